The van der Waals surface area contributed by atoms with Gasteiger partial charge in [-0.25, -0.2) is 9.07 Å². The highest BCUT2D eigenvalue weighted by atomic mass is 19.1. The zero-order chi connectivity index (χ0) is 22.0. The van der Waals surface area contributed by atoms with E-state index < -0.39 is 0 Å². The molecule has 1 aromatic carbocycles. The van der Waals surface area contributed by atoms with Gasteiger partial charge in [0, 0.05) is 32.9 Å². The van der Waals surface area contributed by atoms with E-state index in [1.54, 1.807) is 41.9 Å². The number of halogens is 1. The van der Waals surface area contributed by atoms with Crippen LogP contribution in [-0.2, 0) is 7.05 Å². The second kappa shape index (κ2) is 8.66. The maximum Gasteiger partial charge on any atom is 0.276 e. The molecule has 1 aliphatic heterocycles. The molecule has 4 rings (SSSR count). The minimum atomic E-state index is -0.336. The maximum absolute atomic E-state index is 13.2. The quantitative estimate of drug-likeness (QED) is 0.671. The van der Waals surface area contributed by atoms with Crippen molar-refractivity contribution in [1.29, 1.82) is 0 Å². The third-order valence-electron chi connectivity index (χ3n) is 5.59. The Morgan fingerprint density at radius 1 is 1.19 bits per heavy atom. The Morgan fingerprint density at radius 2 is 1.90 bits per heavy atom. The summed E-state index contributed by atoms with van der Waals surface area (Å²) in [5, 5.41) is 15.1. The Labute approximate surface area is 178 Å². The maximum atomic E-state index is 13.2. The summed E-state index contributed by atoms with van der Waals surface area (Å²) in [4.78, 5) is 26.9. The van der Waals surface area contributed by atoms with E-state index in [-0.39, 0.29) is 17.6 Å². The molecule has 3 heterocycles. The van der Waals surface area contributed by atoms with E-state index in [9.17, 15) is 14.0 Å². The molecule has 9 nitrogen and oxygen atoms in total. The van der Waals surface area contributed by atoms with E-state index in [0.29, 0.717) is 48.2 Å². The summed E-state index contributed by atoms with van der Waals surface area (Å²) in [6.45, 7) is 3.52. The van der Waals surface area contributed by atoms with E-state index in [1.807, 2.05) is 0 Å². The van der Waals surface area contributed by atoms with Gasteiger partial charge in [-0.3, -0.25) is 14.3 Å². The lowest BCUT2D eigenvalue weighted by Crippen LogP contribution is -2.41. The van der Waals surface area contributed by atoms with Crippen LogP contribution >= 0.6 is 0 Å². The van der Waals surface area contributed by atoms with Crippen LogP contribution in [-0.4, -0.2) is 61.1 Å². The van der Waals surface area contributed by atoms with Crippen molar-refractivity contribution in [2.45, 2.75) is 19.8 Å². The van der Waals surface area contributed by atoms with Crippen molar-refractivity contribution < 1.29 is 14.0 Å². The van der Waals surface area contributed by atoms with Crippen molar-refractivity contribution in [3.63, 3.8) is 0 Å². The van der Waals surface area contributed by atoms with Crippen LogP contribution in [0.15, 0.2) is 36.7 Å². The molecule has 0 spiro atoms. The number of aryl methyl sites for hydroxylation is 1. The van der Waals surface area contributed by atoms with Crippen molar-refractivity contribution in [3.8, 4) is 5.69 Å². The highest BCUT2D eigenvalue weighted by molar-refractivity contribution is 5.94. The van der Waals surface area contributed by atoms with Gasteiger partial charge in [0.05, 0.1) is 23.1 Å². The monoisotopic (exact) mass is 425 g/mol. The topological polar surface area (TPSA) is 97.9 Å². The first-order valence-electron chi connectivity index (χ1n) is 10.2. The third kappa shape index (κ3) is 4.47. The van der Waals surface area contributed by atoms with Crippen molar-refractivity contribution in [3.05, 3.63) is 59.4 Å². The molecular formula is C21H24FN7O2. The molecule has 1 N–H and O–H groups in total. The fraction of sp³-hybridized carbons (Fsp3) is 0.381. The lowest BCUT2D eigenvalue weighted by molar-refractivity contribution is 0.0677. The molecule has 31 heavy (non-hydrogen) atoms. The van der Waals surface area contributed by atoms with Crippen LogP contribution in [0, 0.1) is 18.7 Å². The molecule has 0 bridgehead atoms. The molecule has 0 radical (unpaired) electrons. The summed E-state index contributed by atoms with van der Waals surface area (Å²) in [5.41, 5.74) is 2.10. The number of carbonyl (C=O) groups is 2. The second-order valence-corrected chi connectivity index (χ2v) is 7.76. The predicted octanol–water partition coefficient (Wildman–Crippen LogP) is 1.73. The summed E-state index contributed by atoms with van der Waals surface area (Å²) < 4.78 is 16.3. The molecule has 1 fully saturated rings. The van der Waals surface area contributed by atoms with Gasteiger partial charge < -0.3 is 10.2 Å². The Kier molecular flexibility index (Phi) is 5.79. The predicted molar refractivity (Wildman–Crippen MR) is 110 cm³/mol. The molecule has 0 unspecified atom stereocenters. The van der Waals surface area contributed by atoms with Gasteiger partial charge in [-0.1, -0.05) is 5.21 Å². The number of aromatic nitrogens is 5. The Balaban J connectivity index is 1.32. The van der Waals surface area contributed by atoms with Gasteiger partial charge in [0.25, 0.3) is 11.8 Å². The smallest absolute Gasteiger partial charge is 0.276 e. The number of benzene rings is 1. The Hall–Kier alpha value is -3.56. The number of hydrogen-bond donors (Lipinski definition) is 1. The van der Waals surface area contributed by atoms with Crippen molar-refractivity contribution in [2.24, 2.45) is 13.0 Å². The first kappa shape index (κ1) is 20.7. The number of nitrogens with zero attached hydrogens (tertiary/aromatic N) is 6. The van der Waals surface area contributed by atoms with Crippen LogP contribution in [0.3, 0.4) is 0 Å². The molecular weight excluding hydrogens is 401 g/mol. The molecule has 1 saturated heterocycles. The van der Waals surface area contributed by atoms with Gasteiger partial charge in [-0.05, 0) is 49.9 Å². The molecule has 162 valence electrons. The number of nitrogens with one attached hydrogen (secondary N) is 1. The van der Waals surface area contributed by atoms with Crippen molar-refractivity contribution in [1.82, 2.24) is 35.0 Å². The average Bonchev–Trinajstić information content (AvgIpc) is 3.38. The van der Waals surface area contributed by atoms with E-state index in [0.717, 1.165) is 12.8 Å². The fourth-order valence-corrected chi connectivity index (χ4v) is 3.72. The summed E-state index contributed by atoms with van der Waals surface area (Å²) in [7, 11) is 1.77. The van der Waals surface area contributed by atoms with Gasteiger partial charge in [-0.15, -0.1) is 5.10 Å². The van der Waals surface area contributed by atoms with Crippen molar-refractivity contribution in [2.75, 3.05) is 19.6 Å². The summed E-state index contributed by atoms with van der Waals surface area (Å²) in [6.07, 6.45) is 4.81. The number of amides is 2. The van der Waals surface area contributed by atoms with Gasteiger partial charge in [0.1, 0.15) is 5.82 Å². The normalized spacial score (nSPS) is 14.6. The minimum absolute atomic E-state index is 0.139. The molecule has 0 aliphatic carbocycles. The first-order chi connectivity index (χ1) is 14.9. The number of carbonyl (C=O) groups excluding carboxylic acids is 2. The number of hydrogen-bond acceptors (Lipinski definition) is 5. The van der Waals surface area contributed by atoms with Gasteiger partial charge in [0.15, 0.2) is 5.69 Å². The highest BCUT2D eigenvalue weighted by Gasteiger charge is 2.27. The molecule has 10 heteroatoms. The fourth-order valence-electron chi connectivity index (χ4n) is 3.72. The lowest BCUT2D eigenvalue weighted by Gasteiger charge is -2.31. The average molecular weight is 425 g/mol. The molecule has 0 saturated carbocycles. The van der Waals surface area contributed by atoms with Crippen LogP contribution in [0.5, 0.6) is 0 Å². The summed E-state index contributed by atoms with van der Waals surface area (Å²) in [6, 6.07) is 5.87. The molecule has 3 aromatic rings. The van der Waals surface area contributed by atoms with Crippen LogP contribution in [0.2, 0.25) is 0 Å². The van der Waals surface area contributed by atoms with Crippen LogP contribution in [0.4, 0.5) is 4.39 Å². The SMILES string of the molecule is Cc1c(C(=O)N2CCC(CNC(=O)c3cnn(C)c3)CC2)nnn1-c1ccc(F)cc1. The van der Waals surface area contributed by atoms with Gasteiger partial charge in [0.2, 0.25) is 0 Å². The molecule has 1 aliphatic rings. The van der Waals surface area contributed by atoms with Crippen LogP contribution in [0.25, 0.3) is 5.69 Å². The van der Waals surface area contributed by atoms with E-state index >= 15 is 0 Å². The van der Waals surface area contributed by atoms with Gasteiger partial charge in [-0.2, -0.15) is 5.10 Å². The number of likely N-dealkylation sites (tertiary alicyclic amines) is 1. The van der Waals surface area contributed by atoms with Crippen molar-refractivity contribution >= 4 is 11.8 Å². The standard InChI is InChI=1S/C21H24FN7O2/c1-14-19(25-26-29(14)18-5-3-17(22)4-6-18)21(31)28-9-7-15(8-10-28)11-23-20(30)16-12-24-27(2)13-16/h3-6,12-13,15H,7-11H2,1-2H3,(H,23,30). The minimum Gasteiger partial charge on any atom is -0.352 e. The van der Waals surface area contributed by atoms with Crippen LogP contribution in [0.1, 0.15) is 39.4 Å². The second-order valence-electron chi connectivity index (χ2n) is 7.76. The number of rotatable bonds is 5. The molecule has 2 amide bonds. The molecule has 2 aromatic heterocycles. The van der Waals surface area contributed by atoms with Crippen LogP contribution < -0.4 is 5.32 Å². The number of piperidine rings is 1. The lowest BCUT2D eigenvalue weighted by atomic mass is 9.96. The third-order valence-corrected chi connectivity index (χ3v) is 5.59. The zero-order valence-electron chi connectivity index (χ0n) is 17.5. The first-order valence-corrected chi connectivity index (χ1v) is 10.2. The Morgan fingerprint density at radius 3 is 2.55 bits per heavy atom. The van der Waals surface area contributed by atoms with E-state index in [1.165, 1.54) is 23.0 Å². The summed E-state index contributed by atoms with van der Waals surface area (Å²) >= 11 is 0. The Bertz CT molecular complexity index is 1080. The van der Waals surface area contributed by atoms with E-state index in [4.69, 9.17) is 0 Å². The highest BCUT2D eigenvalue weighted by Crippen LogP contribution is 2.20. The largest absolute Gasteiger partial charge is 0.352 e. The van der Waals surface area contributed by atoms with Gasteiger partial charge >= 0.3 is 0 Å². The van der Waals surface area contributed by atoms with E-state index in [2.05, 4.69) is 20.7 Å². The molecule has 0 atom stereocenters. The zero-order valence-corrected chi connectivity index (χ0v) is 17.5. The summed E-state index contributed by atoms with van der Waals surface area (Å²) in [5.74, 6) is -0.332.